The zero-order chi connectivity index (χ0) is 79.4. The quantitative estimate of drug-likeness (QED) is 0.0200. The Morgan fingerprint density at radius 3 is 1.74 bits per heavy atom. The van der Waals surface area contributed by atoms with Crippen molar-refractivity contribution in [3.63, 3.8) is 0 Å². The molecule has 107 heavy (non-hydrogen) atoms. The van der Waals surface area contributed by atoms with Crippen molar-refractivity contribution in [2.75, 3.05) is 13.1 Å². The molecule has 2 bridgehead atoms. The number of Topliss-reactive ketones (excluding diaryl/α,β-unsaturated/α-hetero) is 1. The van der Waals surface area contributed by atoms with E-state index < -0.39 is 218 Å². The monoisotopic (exact) mass is 1500 g/mol. The number of aliphatic carboxylic acids is 2. The molecule has 3 aliphatic heterocycles. The Labute approximate surface area is 626 Å². The minimum Gasteiger partial charge on any atom is -0.508 e. The number of carbonyl (C=O) groups is 14. The summed E-state index contributed by atoms with van der Waals surface area (Å²) in [6.07, 6.45) is 3.79. The van der Waals surface area contributed by atoms with Gasteiger partial charge >= 0.3 is 17.9 Å². The van der Waals surface area contributed by atoms with E-state index >= 15 is 0 Å². The minimum atomic E-state index is -1.98. The number of fused-ring (bicyclic) bond motifs is 23. The van der Waals surface area contributed by atoms with Gasteiger partial charge in [0.15, 0.2) is 5.78 Å². The number of nitrogens with two attached hydrogens (primary N) is 2. The van der Waals surface area contributed by atoms with Gasteiger partial charge in [0, 0.05) is 38.6 Å². The zero-order valence-corrected chi connectivity index (χ0v) is 63.0. The van der Waals surface area contributed by atoms with Gasteiger partial charge in [-0.25, -0.2) is 0 Å². The summed E-state index contributed by atoms with van der Waals surface area (Å²) in [5.41, 5.74) is 12.1. The number of aliphatic hydroxyl groups is 2. The lowest BCUT2D eigenvalue weighted by Crippen LogP contribution is -2.62. The molecule has 31 nitrogen and oxygen atoms in total. The van der Waals surface area contributed by atoms with Crippen LogP contribution in [0.1, 0.15) is 214 Å². The number of esters is 1. The first kappa shape index (κ1) is 90.3. The fourth-order valence-electron chi connectivity index (χ4n) is 12.8. The molecule has 596 valence electrons. The number of hydrogen-bond donors (Lipinski definition) is 15. The lowest BCUT2D eigenvalue weighted by atomic mass is 9.85. The van der Waals surface area contributed by atoms with Crippen molar-refractivity contribution in [1.29, 1.82) is 0 Å². The van der Waals surface area contributed by atoms with Gasteiger partial charge in [0.25, 0.3) is 0 Å². The summed E-state index contributed by atoms with van der Waals surface area (Å²) in [7, 11) is 0. The van der Waals surface area contributed by atoms with Gasteiger partial charge in [-0.15, -0.1) is 0 Å². The van der Waals surface area contributed by atoms with Gasteiger partial charge in [-0.2, -0.15) is 0 Å². The first-order valence-corrected chi connectivity index (χ1v) is 37.8. The third-order valence-corrected chi connectivity index (χ3v) is 19.4. The molecule has 3 unspecified atom stereocenters. The number of aromatic hydroxyl groups is 1. The number of phenolic OH excluding ortho intramolecular Hbond substituents is 1. The molecule has 3 aliphatic rings. The van der Waals surface area contributed by atoms with Gasteiger partial charge in [0.05, 0.1) is 30.6 Å². The highest BCUT2D eigenvalue weighted by Crippen LogP contribution is 2.27. The highest BCUT2D eigenvalue weighted by molar-refractivity contribution is 6.00. The molecule has 0 radical (unpaired) electrons. The van der Waals surface area contributed by atoms with E-state index in [1.165, 1.54) is 79.1 Å². The second-order valence-corrected chi connectivity index (χ2v) is 29.2. The highest BCUT2D eigenvalue weighted by atomic mass is 16.5. The van der Waals surface area contributed by atoms with Gasteiger partial charge in [-0.1, -0.05) is 136 Å². The van der Waals surface area contributed by atoms with Gasteiger partial charge in [-0.05, 0) is 124 Å². The van der Waals surface area contributed by atoms with Crippen LogP contribution in [-0.4, -0.2) is 193 Å². The molecule has 17 N–H and O–H groups in total. The number of unbranched alkanes of at least 4 members (excludes halogenated alkanes) is 8. The van der Waals surface area contributed by atoms with E-state index in [0.717, 1.165) is 39.0 Å². The van der Waals surface area contributed by atoms with Crippen LogP contribution >= 0.6 is 0 Å². The molecule has 0 aromatic heterocycles. The van der Waals surface area contributed by atoms with Gasteiger partial charge in [0.2, 0.25) is 59.1 Å². The fraction of sp³-hybridized carbons (Fsp3) is 0.658. The number of carboxylic acids is 2. The highest BCUT2D eigenvalue weighted by Gasteiger charge is 2.43. The number of aliphatic hydroxyl groups excluding tert-OH is 2. The number of benzene rings is 2. The Hall–Kier alpha value is -9.10. The van der Waals surface area contributed by atoms with Gasteiger partial charge in [-0.3, -0.25) is 67.1 Å². The van der Waals surface area contributed by atoms with Crippen LogP contribution in [0.25, 0.3) is 0 Å². The van der Waals surface area contributed by atoms with E-state index in [1.54, 1.807) is 27.7 Å². The first-order chi connectivity index (χ1) is 50.7. The number of carboxylic acid groups (broad SMARTS) is 2. The third-order valence-electron chi connectivity index (χ3n) is 19.4. The van der Waals surface area contributed by atoms with Crippen LogP contribution in [0.2, 0.25) is 0 Å². The number of nitrogens with one attached hydrogen (secondary N) is 8. The Kier molecular flexibility index (Phi) is 39.5. The predicted molar refractivity (Wildman–Crippen MR) is 394 cm³/mol. The Balaban J connectivity index is 1.77. The SMILES string of the molecule is CCC(C)[C@H]1CC(=O)[C@H](Cc2ccc(O)cc2)NC(=O)[C@@H](CCC(N)=O)NC(=O)[C@H]2CCCN2C(=O)[C@H](C(C)C)NC(=O)[C@@H](CCC(=O)O)NC(=O)[C@@H](C(C)O)NC(=O)[C@H](NC(=O)[C@H](CCCN)NC(=O)[C@@H](CCC(=O)O)NC(=O)CC(O)CCCCCCCCCCCC(C)C)Cc2ccc(cc2)OC1=O. The van der Waals surface area contributed by atoms with Crippen LogP contribution in [0.3, 0.4) is 0 Å². The average molecular weight is 1500 g/mol. The van der Waals surface area contributed by atoms with Crippen LogP contribution in [-0.2, 0) is 80.0 Å². The van der Waals surface area contributed by atoms with Gasteiger partial charge in [0.1, 0.15) is 59.8 Å². The number of hydrogen-bond acceptors (Lipinski definition) is 19. The number of phenols is 1. The van der Waals surface area contributed by atoms with E-state index in [-0.39, 0.29) is 68.7 Å². The van der Waals surface area contributed by atoms with Crippen molar-refractivity contribution in [2.24, 2.45) is 35.1 Å². The molecule has 1 saturated heterocycles. The number of primary amides is 1. The van der Waals surface area contributed by atoms with Crippen molar-refractivity contribution in [1.82, 2.24) is 47.4 Å². The molecule has 5 rings (SSSR count). The summed E-state index contributed by atoms with van der Waals surface area (Å²) in [6.45, 7) is 12.1. The van der Waals surface area contributed by atoms with E-state index in [2.05, 4.69) is 56.4 Å². The van der Waals surface area contributed by atoms with Crippen LogP contribution < -0.4 is 58.7 Å². The third kappa shape index (κ3) is 32.5. The number of rotatable bonds is 37. The molecule has 2 aromatic rings. The molecule has 13 atom stereocenters. The summed E-state index contributed by atoms with van der Waals surface area (Å²) >= 11 is 0. The van der Waals surface area contributed by atoms with Crippen molar-refractivity contribution in [3.8, 4) is 11.5 Å². The second-order valence-electron chi connectivity index (χ2n) is 29.2. The molecule has 10 amide bonds. The van der Waals surface area contributed by atoms with Gasteiger partial charge < -0.3 is 89.2 Å². The first-order valence-electron chi connectivity index (χ1n) is 37.8. The van der Waals surface area contributed by atoms with E-state index in [9.17, 15) is 92.7 Å². The molecular formula is C76H117N11O20. The molecule has 31 heteroatoms. The average Bonchev–Trinajstić information content (AvgIpc) is 1.77. The maximum Gasteiger partial charge on any atom is 0.315 e. The number of nitrogens with zero attached hydrogens (tertiary/aromatic N) is 1. The summed E-state index contributed by atoms with van der Waals surface area (Å²) in [4.78, 5) is 197. The van der Waals surface area contributed by atoms with Crippen molar-refractivity contribution in [3.05, 3.63) is 59.7 Å². The normalized spacial score (nSPS) is 21.9. The summed E-state index contributed by atoms with van der Waals surface area (Å²) in [5.74, 6) is -15.9. The maximum absolute atomic E-state index is 14.9. The van der Waals surface area contributed by atoms with Crippen molar-refractivity contribution < 1.29 is 97.4 Å². The molecule has 2 aromatic carbocycles. The number of ketones is 1. The molecule has 3 heterocycles. The molecule has 0 aliphatic carbocycles. The maximum atomic E-state index is 14.9. The molecule has 0 spiro atoms. The predicted octanol–water partition coefficient (Wildman–Crippen LogP) is 3.06. The minimum absolute atomic E-state index is 0.0196. The Bertz CT molecular complexity index is 3280. The van der Waals surface area contributed by atoms with E-state index in [4.69, 9.17) is 16.2 Å². The standard InChI is InChI=1S/C76H117N11O20/c1-8-46(6)53-43-61(91)58(40-48-24-28-50(89)29-25-48)83-70(100)56(32-35-62(78)92)81-73(103)60-23-19-39-87(60)75(105)66(45(4)5)85-71(101)57(34-37-65(96)97)82-74(104)67(47(7)88)86-72(102)59(41-49-26-30-52(31-27-49)107-76(53)106)84-68(98)54(22-18-38-77)80-69(99)55(33-36-64(94)95)79-63(93)42-51(90)21-17-15-13-11-9-10-12-14-16-20-44(2)3/h24-31,44-47,51,53-60,66-67,88-90H,8-23,32-43,77H2,1-7H3,(H2,78,92)(H,79,93)(H,80,99)(H,81,103)(H,82,104)(H,83,100)(H,84,98)(H,85,101)(H,86,102)(H,94,95)(H,96,97)/t46?,47?,51?,53-,54+,55-,56-,57-,58+,59-,60-,66+,67-/m1/s1. The topological polar surface area (TPSA) is 501 Å². The summed E-state index contributed by atoms with van der Waals surface area (Å²) < 4.78 is 5.90. The largest absolute Gasteiger partial charge is 0.508 e. The summed E-state index contributed by atoms with van der Waals surface area (Å²) in [5, 5.41) is 72.1. The molecular weight excluding hydrogens is 1390 g/mol. The zero-order valence-electron chi connectivity index (χ0n) is 63.0. The van der Waals surface area contributed by atoms with E-state index in [0.29, 0.717) is 30.7 Å². The Morgan fingerprint density at radius 2 is 1.17 bits per heavy atom. The number of ether oxygens (including phenoxy) is 1. The fourth-order valence-corrected chi connectivity index (χ4v) is 12.8. The number of carbonyl (C=O) groups excluding carboxylic acids is 12. The lowest BCUT2D eigenvalue weighted by Gasteiger charge is -2.32. The van der Waals surface area contributed by atoms with Crippen molar-refractivity contribution >= 4 is 82.8 Å². The van der Waals surface area contributed by atoms with Crippen LogP contribution in [0.5, 0.6) is 11.5 Å². The second kappa shape index (κ2) is 46.9. The number of amides is 10. The van der Waals surface area contributed by atoms with Crippen LogP contribution in [0, 0.1) is 23.7 Å². The smallest absolute Gasteiger partial charge is 0.315 e. The van der Waals surface area contributed by atoms with Crippen molar-refractivity contribution in [2.45, 2.75) is 282 Å². The van der Waals surface area contributed by atoms with E-state index in [1.807, 2.05) is 0 Å². The molecule has 1 fully saturated rings. The lowest BCUT2D eigenvalue weighted by molar-refractivity contribution is -0.144. The van der Waals surface area contributed by atoms with Crippen LogP contribution in [0.4, 0.5) is 0 Å². The summed E-state index contributed by atoms with van der Waals surface area (Å²) in [6, 6.07) is -3.09. The van der Waals surface area contributed by atoms with Crippen LogP contribution in [0.15, 0.2) is 48.5 Å². The Morgan fingerprint density at radius 1 is 0.607 bits per heavy atom. The molecule has 0 saturated carbocycles.